The molecule has 8 heteroatoms. The van der Waals surface area contributed by atoms with Crippen LogP contribution in [0.2, 0.25) is 0 Å². The van der Waals surface area contributed by atoms with Gasteiger partial charge in [0.2, 0.25) is 11.8 Å². The van der Waals surface area contributed by atoms with Crippen molar-refractivity contribution in [2.45, 2.75) is 33.2 Å². The van der Waals surface area contributed by atoms with E-state index in [4.69, 9.17) is 9.26 Å². The second kappa shape index (κ2) is 8.41. The first kappa shape index (κ1) is 19.9. The third-order valence-electron chi connectivity index (χ3n) is 4.85. The molecule has 0 radical (unpaired) electrons. The molecule has 1 unspecified atom stereocenters. The van der Waals surface area contributed by atoms with E-state index in [0.29, 0.717) is 37.1 Å². The van der Waals surface area contributed by atoms with Crippen LogP contribution in [0.1, 0.15) is 26.6 Å². The van der Waals surface area contributed by atoms with Crippen LogP contribution in [0.4, 0.5) is 0 Å². The van der Waals surface area contributed by atoms with Crippen molar-refractivity contribution >= 4 is 11.8 Å². The third kappa shape index (κ3) is 4.32. The zero-order valence-corrected chi connectivity index (χ0v) is 16.7. The first-order valence-corrected chi connectivity index (χ1v) is 9.44. The summed E-state index contributed by atoms with van der Waals surface area (Å²) in [6.07, 6.45) is 0.0678. The topological polar surface area (TPSA) is 88.8 Å². The van der Waals surface area contributed by atoms with Gasteiger partial charge in [-0.25, -0.2) is 0 Å². The Morgan fingerprint density at radius 2 is 2.11 bits per heavy atom. The van der Waals surface area contributed by atoms with Crippen molar-refractivity contribution in [3.63, 3.8) is 0 Å². The number of nitrogens with zero attached hydrogens (tertiary/aromatic N) is 4. The Morgan fingerprint density at radius 1 is 1.32 bits per heavy atom. The predicted octanol–water partition coefficient (Wildman–Crippen LogP) is 2.00. The van der Waals surface area contributed by atoms with Crippen LogP contribution < -0.4 is 4.74 Å². The summed E-state index contributed by atoms with van der Waals surface area (Å²) in [4.78, 5) is 32.8. The molecular formula is C20H26N4O4. The van der Waals surface area contributed by atoms with Crippen LogP contribution in [0.25, 0.3) is 11.5 Å². The second-order valence-electron chi connectivity index (χ2n) is 7.30. The van der Waals surface area contributed by atoms with Crippen molar-refractivity contribution in [3.05, 3.63) is 30.1 Å². The van der Waals surface area contributed by atoms with Gasteiger partial charge in [0.15, 0.2) is 5.82 Å². The van der Waals surface area contributed by atoms with Crippen LogP contribution in [0.15, 0.2) is 28.8 Å². The van der Waals surface area contributed by atoms with Crippen molar-refractivity contribution in [1.82, 2.24) is 19.9 Å². The summed E-state index contributed by atoms with van der Waals surface area (Å²) in [5.41, 5.74) is 0.736. The number of rotatable bonds is 5. The van der Waals surface area contributed by atoms with Crippen LogP contribution in [0.5, 0.6) is 5.75 Å². The molecular weight excluding hydrogens is 360 g/mol. The van der Waals surface area contributed by atoms with E-state index in [-0.39, 0.29) is 30.2 Å². The van der Waals surface area contributed by atoms with Crippen molar-refractivity contribution < 1.29 is 18.8 Å². The fourth-order valence-corrected chi connectivity index (χ4v) is 3.29. The summed E-state index contributed by atoms with van der Waals surface area (Å²) in [5.74, 6) is 1.40. The summed E-state index contributed by atoms with van der Waals surface area (Å²) < 4.78 is 10.5. The summed E-state index contributed by atoms with van der Waals surface area (Å²) in [6, 6.07) is 7.29. The first-order valence-electron chi connectivity index (χ1n) is 9.44. The lowest BCUT2D eigenvalue weighted by molar-refractivity contribution is -0.144. The van der Waals surface area contributed by atoms with Crippen molar-refractivity contribution in [2.24, 2.45) is 5.92 Å². The molecule has 0 spiro atoms. The lowest BCUT2D eigenvalue weighted by Crippen LogP contribution is -2.56. The molecule has 1 aliphatic heterocycles. The lowest BCUT2D eigenvalue weighted by atomic mass is 10.1. The number of piperazine rings is 1. The molecule has 1 saturated heterocycles. The smallest absolute Gasteiger partial charge is 0.258 e. The van der Waals surface area contributed by atoms with Gasteiger partial charge in [-0.15, -0.1) is 0 Å². The van der Waals surface area contributed by atoms with E-state index < -0.39 is 0 Å². The van der Waals surface area contributed by atoms with E-state index in [1.807, 2.05) is 43.9 Å². The summed E-state index contributed by atoms with van der Waals surface area (Å²) in [7, 11) is 1.59. The Bertz CT molecular complexity index is 848. The zero-order chi connectivity index (χ0) is 20.3. The van der Waals surface area contributed by atoms with E-state index in [1.165, 1.54) is 0 Å². The van der Waals surface area contributed by atoms with Gasteiger partial charge in [-0.1, -0.05) is 25.1 Å². The van der Waals surface area contributed by atoms with E-state index in [0.717, 1.165) is 5.56 Å². The van der Waals surface area contributed by atoms with E-state index >= 15 is 0 Å². The van der Waals surface area contributed by atoms with Crippen molar-refractivity contribution in [3.8, 4) is 17.2 Å². The molecule has 3 rings (SSSR count). The van der Waals surface area contributed by atoms with Crippen molar-refractivity contribution in [1.29, 1.82) is 0 Å². The minimum atomic E-state index is -0.0681. The monoisotopic (exact) mass is 386 g/mol. The van der Waals surface area contributed by atoms with E-state index in [1.54, 1.807) is 18.1 Å². The Hall–Kier alpha value is -2.90. The number of hydrogen-bond donors (Lipinski definition) is 0. The SMILES string of the molecule is COc1cccc(-c2nc(CC(=O)N3CCN(C(=O)C(C)C)C(C)C3)no2)c1. The number of aromatic nitrogens is 2. The highest BCUT2D eigenvalue weighted by atomic mass is 16.5. The van der Waals surface area contributed by atoms with Gasteiger partial charge in [-0.3, -0.25) is 9.59 Å². The van der Waals surface area contributed by atoms with Crippen LogP contribution in [0.3, 0.4) is 0 Å². The minimum absolute atomic E-state index is 0.00906. The number of amides is 2. The van der Waals surface area contributed by atoms with Gasteiger partial charge in [0, 0.05) is 37.2 Å². The van der Waals surface area contributed by atoms with Gasteiger partial charge in [-0.05, 0) is 25.1 Å². The Balaban J connectivity index is 1.61. The van der Waals surface area contributed by atoms with Crippen LogP contribution in [0, 0.1) is 5.92 Å². The lowest BCUT2D eigenvalue weighted by Gasteiger charge is -2.40. The molecule has 2 heterocycles. The third-order valence-corrected chi connectivity index (χ3v) is 4.85. The molecule has 28 heavy (non-hydrogen) atoms. The number of hydrogen-bond acceptors (Lipinski definition) is 6. The van der Waals surface area contributed by atoms with Gasteiger partial charge >= 0.3 is 0 Å². The molecule has 150 valence electrons. The van der Waals surface area contributed by atoms with Gasteiger partial charge in [-0.2, -0.15) is 4.98 Å². The van der Waals surface area contributed by atoms with Crippen LogP contribution in [-0.2, 0) is 16.0 Å². The van der Waals surface area contributed by atoms with Gasteiger partial charge < -0.3 is 19.1 Å². The fraction of sp³-hybridized carbons (Fsp3) is 0.500. The molecule has 1 atom stereocenters. The molecule has 1 aromatic heterocycles. The molecule has 1 aliphatic rings. The number of benzene rings is 1. The summed E-state index contributed by atoms with van der Waals surface area (Å²) >= 11 is 0. The second-order valence-corrected chi connectivity index (χ2v) is 7.30. The van der Waals surface area contributed by atoms with E-state index in [9.17, 15) is 9.59 Å². The number of carbonyl (C=O) groups is 2. The standard InChI is InChI=1S/C20H26N4O4/c1-13(2)20(26)24-9-8-23(12-14(24)3)18(25)11-17-21-19(28-22-17)15-6-5-7-16(10-15)27-4/h5-7,10,13-14H,8-9,11-12H2,1-4H3. The highest BCUT2D eigenvalue weighted by molar-refractivity contribution is 5.80. The fourth-order valence-electron chi connectivity index (χ4n) is 3.29. The highest BCUT2D eigenvalue weighted by Gasteiger charge is 2.31. The first-order chi connectivity index (χ1) is 13.4. The quantitative estimate of drug-likeness (QED) is 0.781. The average Bonchev–Trinajstić information content (AvgIpc) is 3.15. The highest BCUT2D eigenvalue weighted by Crippen LogP contribution is 2.22. The molecule has 1 fully saturated rings. The Kier molecular flexibility index (Phi) is 5.96. The van der Waals surface area contributed by atoms with Crippen LogP contribution in [-0.4, -0.2) is 64.5 Å². The average molecular weight is 386 g/mol. The van der Waals surface area contributed by atoms with Gasteiger partial charge in [0.05, 0.1) is 13.5 Å². The molecule has 2 amide bonds. The number of carbonyl (C=O) groups excluding carboxylic acids is 2. The maximum atomic E-state index is 12.7. The molecule has 0 saturated carbocycles. The van der Waals surface area contributed by atoms with Gasteiger partial charge in [0.25, 0.3) is 5.89 Å². The normalized spacial score (nSPS) is 17.1. The number of ether oxygens (including phenoxy) is 1. The number of methoxy groups -OCH3 is 1. The minimum Gasteiger partial charge on any atom is -0.497 e. The maximum absolute atomic E-state index is 12.7. The molecule has 0 bridgehead atoms. The Labute approximate surface area is 164 Å². The predicted molar refractivity (Wildman–Crippen MR) is 103 cm³/mol. The van der Waals surface area contributed by atoms with Gasteiger partial charge in [0.1, 0.15) is 5.75 Å². The zero-order valence-electron chi connectivity index (χ0n) is 16.7. The van der Waals surface area contributed by atoms with Crippen LogP contribution >= 0.6 is 0 Å². The summed E-state index contributed by atoms with van der Waals surface area (Å²) in [5, 5.41) is 3.93. The molecule has 1 aromatic carbocycles. The molecule has 8 nitrogen and oxygen atoms in total. The Morgan fingerprint density at radius 3 is 2.79 bits per heavy atom. The maximum Gasteiger partial charge on any atom is 0.258 e. The van der Waals surface area contributed by atoms with Crippen molar-refractivity contribution in [2.75, 3.05) is 26.7 Å². The molecule has 0 N–H and O–H groups in total. The molecule has 2 aromatic rings. The summed E-state index contributed by atoms with van der Waals surface area (Å²) in [6.45, 7) is 7.33. The molecule has 0 aliphatic carbocycles. The van der Waals surface area contributed by atoms with E-state index in [2.05, 4.69) is 10.1 Å². The largest absolute Gasteiger partial charge is 0.497 e.